The fraction of sp³-hybridized carbons (Fsp3) is 0.824. The summed E-state index contributed by atoms with van der Waals surface area (Å²) >= 11 is 0. The average molecular weight is 303 g/mol. The Morgan fingerprint density at radius 3 is 2.68 bits per heavy atom. The molecule has 0 radical (unpaired) electrons. The molecule has 0 N–H and O–H groups in total. The smallest absolute Gasteiger partial charge is 0.327 e. The lowest BCUT2D eigenvalue weighted by atomic mass is 9.74. The maximum Gasteiger partial charge on any atom is 0.327 e. The minimum absolute atomic E-state index is 0.0864. The van der Waals surface area contributed by atoms with Gasteiger partial charge < -0.3 is 9.47 Å². The van der Waals surface area contributed by atoms with E-state index in [4.69, 9.17) is 9.47 Å². The number of rotatable bonds is 3. The van der Waals surface area contributed by atoms with E-state index in [0.717, 1.165) is 12.8 Å². The highest BCUT2D eigenvalue weighted by molar-refractivity contribution is 5.85. The van der Waals surface area contributed by atoms with Gasteiger partial charge in [0.05, 0.1) is 11.5 Å². The van der Waals surface area contributed by atoms with Crippen LogP contribution in [0.15, 0.2) is 0 Å². The zero-order valence-electron chi connectivity index (χ0n) is 13.2. The predicted octanol–water partition coefficient (Wildman–Crippen LogP) is 2.06. The third-order valence-corrected chi connectivity index (χ3v) is 6.78. The van der Waals surface area contributed by atoms with Crippen LogP contribution in [0.4, 0.5) is 0 Å². The van der Waals surface area contributed by atoms with Gasteiger partial charge in [0.15, 0.2) is 5.41 Å². The Labute approximate surface area is 129 Å². The van der Waals surface area contributed by atoms with Crippen LogP contribution in [0.1, 0.15) is 40.0 Å². The summed E-state index contributed by atoms with van der Waals surface area (Å²) in [5.74, 6) is 0.0334. The van der Waals surface area contributed by atoms with Crippen molar-refractivity contribution in [1.29, 1.82) is 5.26 Å². The molecule has 3 saturated carbocycles. The molecule has 0 aromatic heterocycles. The molecule has 3 aliphatic carbocycles. The highest BCUT2D eigenvalue weighted by Crippen LogP contribution is 2.63. The summed E-state index contributed by atoms with van der Waals surface area (Å²) in [4.78, 5) is 24.8. The molecule has 0 aromatic rings. The highest BCUT2D eigenvalue weighted by Gasteiger charge is 2.73. The van der Waals surface area contributed by atoms with E-state index in [1.54, 1.807) is 0 Å². The van der Waals surface area contributed by atoms with Crippen LogP contribution in [-0.2, 0) is 19.1 Å². The molecule has 0 spiro atoms. The van der Waals surface area contributed by atoms with E-state index in [1.165, 1.54) is 0 Å². The fourth-order valence-corrected chi connectivity index (χ4v) is 5.29. The Hall–Kier alpha value is -1.57. The molecule has 7 unspecified atom stereocenters. The predicted molar refractivity (Wildman–Crippen MR) is 75.1 cm³/mol. The third-order valence-electron chi connectivity index (χ3n) is 6.78. The molecule has 0 aromatic carbocycles. The zero-order chi connectivity index (χ0) is 15.9. The van der Waals surface area contributed by atoms with Gasteiger partial charge in [0, 0.05) is 11.8 Å². The van der Waals surface area contributed by atoms with E-state index in [1.807, 2.05) is 0 Å². The van der Waals surface area contributed by atoms with E-state index in [-0.39, 0.29) is 35.2 Å². The molecular formula is C17H21NO4. The van der Waals surface area contributed by atoms with E-state index in [9.17, 15) is 14.9 Å². The Morgan fingerprint density at radius 2 is 2.14 bits per heavy atom. The van der Waals surface area contributed by atoms with E-state index >= 15 is 0 Å². The number of ether oxygens (including phenoxy) is 2. The molecule has 4 aliphatic rings. The van der Waals surface area contributed by atoms with Gasteiger partial charge in [-0.1, -0.05) is 20.8 Å². The summed E-state index contributed by atoms with van der Waals surface area (Å²) in [6.07, 6.45) is 1.34. The summed E-state index contributed by atoms with van der Waals surface area (Å²) in [7, 11) is 0. The molecule has 5 heteroatoms. The summed E-state index contributed by atoms with van der Waals surface area (Å²) in [6.45, 7) is 6.20. The fourth-order valence-electron chi connectivity index (χ4n) is 5.29. The molecule has 7 atom stereocenters. The van der Waals surface area contributed by atoms with Crippen molar-refractivity contribution in [1.82, 2.24) is 0 Å². The molecular weight excluding hydrogens is 282 g/mol. The Balaban J connectivity index is 1.55. The first-order chi connectivity index (χ1) is 10.4. The number of carbonyl (C=O) groups excluding carboxylic acids is 2. The monoisotopic (exact) mass is 303 g/mol. The Kier molecular flexibility index (Phi) is 2.58. The van der Waals surface area contributed by atoms with Gasteiger partial charge in [-0.15, -0.1) is 0 Å². The summed E-state index contributed by atoms with van der Waals surface area (Å²) in [5, 5.41) is 9.39. The summed E-state index contributed by atoms with van der Waals surface area (Å²) < 4.78 is 11.3. The van der Waals surface area contributed by atoms with E-state index in [0.29, 0.717) is 12.3 Å². The molecule has 5 nitrogen and oxygen atoms in total. The standard InChI is InChI=1S/C17H21NO4/c1-8(2)17(5-9(17)3)15(20)21-12-10-4-11-13(12)22-14(19)16(11,6-10)7-18/h8-13H,4-6H2,1-3H3. The molecule has 2 bridgehead atoms. The minimum atomic E-state index is -0.971. The van der Waals surface area contributed by atoms with E-state index in [2.05, 4.69) is 26.8 Å². The van der Waals surface area contributed by atoms with Crippen molar-refractivity contribution < 1.29 is 19.1 Å². The molecule has 1 saturated heterocycles. The second-order valence-corrected chi connectivity index (χ2v) is 7.93. The third kappa shape index (κ3) is 1.39. The molecule has 22 heavy (non-hydrogen) atoms. The lowest BCUT2D eigenvalue weighted by Gasteiger charge is -2.30. The topological polar surface area (TPSA) is 76.4 Å². The largest absolute Gasteiger partial charge is 0.458 e. The number of esters is 2. The van der Waals surface area contributed by atoms with Crippen molar-refractivity contribution in [3.8, 4) is 6.07 Å². The molecule has 4 fully saturated rings. The van der Waals surface area contributed by atoms with Gasteiger partial charge in [0.2, 0.25) is 0 Å². The van der Waals surface area contributed by atoms with Crippen LogP contribution >= 0.6 is 0 Å². The first-order valence-corrected chi connectivity index (χ1v) is 8.20. The molecule has 0 amide bonds. The number of nitriles is 1. The van der Waals surface area contributed by atoms with Gasteiger partial charge in [-0.3, -0.25) is 9.59 Å². The van der Waals surface area contributed by atoms with Gasteiger partial charge in [0.1, 0.15) is 12.2 Å². The van der Waals surface area contributed by atoms with Crippen LogP contribution < -0.4 is 0 Å². The van der Waals surface area contributed by atoms with Crippen molar-refractivity contribution in [3.63, 3.8) is 0 Å². The lowest BCUT2D eigenvalue weighted by molar-refractivity contribution is -0.169. The Bertz CT molecular complexity index is 608. The van der Waals surface area contributed by atoms with Gasteiger partial charge in [-0.2, -0.15) is 5.26 Å². The molecule has 1 heterocycles. The zero-order valence-corrected chi connectivity index (χ0v) is 13.2. The lowest BCUT2D eigenvalue weighted by Crippen LogP contribution is -2.41. The highest BCUT2D eigenvalue weighted by atomic mass is 16.6. The van der Waals surface area contributed by atoms with E-state index < -0.39 is 17.5 Å². The first-order valence-electron chi connectivity index (χ1n) is 8.20. The average Bonchev–Trinajstić information content (AvgIpc) is 2.79. The maximum absolute atomic E-state index is 12.7. The van der Waals surface area contributed by atoms with Crippen LogP contribution in [0.5, 0.6) is 0 Å². The van der Waals surface area contributed by atoms with Crippen LogP contribution in [0, 0.1) is 45.8 Å². The normalized spacial score (nSPS) is 50.9. The van der Waals surface area contributed by atoms with Crippen LogP contribution in [0.3, 0.4) is 0 Å². The van der Waals surface area contributed by atoms with Crippen molar-refractivity contribution in [2.24, 2.45) is 34.5 Å². The second-order valence-electron chi connectivity index (χ2n) is 7.93. The van der Waals surface area contributed by atoms with Crippen LogP contribution in [0.2, 0.25) is 0 Å². The minimum Gasteiger partial charge on any atom is -0.458 e. The maximum atomic E-state index is 12.7. The number of carbonyl (C=O) groups is 2. The second kappa shape index (κ2) is 4.04. The molecule has 4 rings (SSSR count). The van der Waals surface area contributed by atoms with Gasteiger partial charge >= 0.3 is 11.9 Å². The summed E-state index contributed by atoms with van der Waals surface area (Å²) in [5.41, 5.74) is -1.34. The number of nitrogens with zero attached hydrogens (tertiary/aromatic N) is 1. The first kappa shape index (κ1) is 14.0. The van der Waals surface area contributed by atoms with Crippen molar-refractivity contribution in [2.75, 3.05) is 0 Å². The van der Waals surface area contributed by atoms with Crippen LogP contribution in [-0.4, -0.2) is 24.1 Å². The molecule has 118 valence electrons. The SMILES string of the molecule is CC(C)C1(C(=O)OC2C3CC4C2OC(=O)C4(C#N)C3)CC1C. The van der Waals surface area contributed by atoms with Crippen molar-refractivity contribution in [2.45, 2.75) is 52.2 Å². The Morgan fingerprint density at radius 1 is 1.45 bits per heavy atom. The van der Waals surface area contributed by atoms with Gasteiger partial charge in [0.25, 0.3) is 0 Å². The molecule has 1 aliphatic heterocycles. The quantitative estimate of drug-likeness (QED) is 0.746. The summed E-state index contributed by atoms with van der Waals surface area (Å²) in [6, 6.07) is 2.18. The van der Waals surface area contributed by atoms with Crippen molar-refractivity contribution in [3.05, 3.63) is 0 Å². The van der Waals surface area contributed by atoms with Crippen molar-refractivity contribution >= 4 is 11.9 Å². The van der Waals surface area contributed by atoms with Gasteiger partial charge in [-0.25, -0.2) is 0 Å². The van der Waals surface area contributed by atoms with Crippen LogP contribution in [0.25, 0.3) is 0 Å². The number of fused-ring (bicyclic) bond motifs is 1. The number of hydrogen-bond donors (Lipinski definition) is 0. The van der Waals surface area contributed by atoms with Gasteiger partial charge in [-0.05, 0) is 31.1 Å². The number of hydrogen-bond acceptors (Lipinski definition) is 5.